The Morgan fingerprint density at radius 2 is 1.95 bits per heavy atom. The summed E-state index contributed by atoms with van der Waals surface area (Å²) >= 11 is 0. The van der Waals surface area contributed by atoms with E-state index in [-0.39, 0.29) is 12.4 Å². The highest BCUT2D eigenvalue weighted by molar-refractivity contribution is 5.85. The molecule has 1 amide bonds. The highest BCUT2D eigenvalue weighted by atomic mass is 35.5. The predicted molar refractivity (Wildman–Crippen MR) is 88.2 cm³/mol. The number of nitrogens with zero attached hydrogens (tertiary/aromatic N) is 1. The van der Waals surface area contributed by atoms with Crippen LogP contribution in [-0.2, 0) is 4.79 Å². The maximum Gasteiger partial charge on any atom is 0.222 e. The van der Waals surface area contributed by atoms with Crippen molar-refractivity contribution in [1.29, 1.82) is 0 Å². The lowest BCUT2D eigenvalue weighted by Gasteiger charge is -2.40. The standard InChI is InChI=1S/C16H32N2O.ClH/c1-3-10-16(2)11-8-13-18(14-16)15(19)9-6-4-5-7-12-17;/h3-14,17H2,1-2H3;1H. The van der Waals surface area contributed by atoms with Crippen LogP contribution in [0.5, 0.6) is 0 Å². The monoisotopic (exact) mass is 304 g/mol. The third-order valence-electron chi connectivity index (χ3n) is 4.33. The molecule has 0 saturated carbocycles. The molecule has 1 heterocycles. The van der Waals surface area contributed by atoms with Gasteiger partial charge in [-0.05, 0) is 44.1 Å². The molecule has 0 aromatic heterocycles. The molecule has 1 saturated heterocycles. The molecule has 0 aromatic rings. The van der Waals surface area contributed by atoms with Crippen LogP contribution in [0.4, 0.5) is 0 Å². The maximum atomic E-state index is 12.2. The van der Waals surface area contributed by atoms with Crippen LogP contribution >= 0.6 is 12.4 Å². The van der Waals surface area contributed by atoms with Crippen molar-refractivity contribution in [3.8, 4) is 0 Å². The molecule has 1 fully saturated rings. The summed E-state index contributed by atoms with van der Waals surface area (Å²) < 4.78 is 0. The lowest BCUT2D eigenvalue weighted by molar-refractivity contribution is -0.134. The highest BCUT2D eigenvalue weighted by Gasteiger charge is 2.31. The fourth-order valence-electron chi connectivity index (χ4n) is 3.27. The highest BCUT2D eigenvalue weighted by Crippen LogP contribution is 2.34. The van der Waals surface area contributed by atoms with E-state index in [1.807, 2.05) is 0 Å². The third-order valence-corrected chi connectivity index (χ3v) is 4.33. The van der Waals surface area contributed by atoms with Crippen molar-refractivity contribution in [3.05, 3.63) is 0 Å². The Kier molecular flexibility index (Phi) is 10.3. The molecule has 1 unspecified atom stereocenters. The number of amides is 1. The van der Waals surface area contributed by atoms with Crippen LogP contribution in [0.15, 0.2) is 0 Å². The summed E-state index contributed by atoms with van der Waals surface area (Å²) in [5.41, 5.74) is 5.83. The fourth-order valence-corrected chi connectivity index (χ4v) is 3.27. The molecule has 20 heavy (non-hydrogen) atoms. The zero-order valence-electron chi connectivity index (χ0n) is 13.3. The number of likely N-dealkylation sites (tertiary alicyclic amines) is 1. The van der Waals surface area contributed by atoms with Gasteiger partial charge in [-0.25, -0.2) is 0 Å². The van der Waals surface area contributed by atoms with E-state index in [0.717, 1.165) is 51.7 Å². The van der Waals surface area contributed by atoms with Gasteiger partial charge in [0.25, 0.3) is 0 Å². The maximum absolute atomic E-state index is 12.2. The Morgan fingerprint density at radius 3 is 2.60 bits per heavy atom. The predicted octanol–water partition coefficient (Wildman–Crippen LogP) is 3.75. The molecule has 0 spiro atoms. The minimum absolute atomic E-state index is 0. The summed E-state index contributed by atoms with van der Waals surface area (Å²) in [6, 6.07) is 0. The van der Waals surface area contributed by atoms with Crippen LogP contribution < -0.4 is 5.73 Å². The summed E-state index contributed by atoms with van der Waals surface area (Å²) in [5.74, 6) is 0.370. The first kappa shape index (κ1) is 19.7. The normalized spacial score (nSPS) is 22.4. The van der Waals surface area contributed by atoms with Gasteiger partial charge in [-0.2, -0.15) is 0 Å². The minimum Gasteiger partial charge on any atom is -0.342 e. The Morgan fingerprint density at radius 1 is 1.25 bits per heavy atom. The van der Waals surface area contributed by atoms with Crippen molar-refractivity contribution >= 4 is 18.3 Å². The van der Waals surface area contributed by atoms with Crippen molar-refractivity contribution < 1.29 is 4.79 Å². The Bertz CT molecular complexity index is 269. The number of carbonyl (C=O) groups is 1. The number of carbonyl (C=O) groups excluding carboxylic acids is 1. The van der Waals surface area contributed by atoms with E-state index in [9.17, 15) is 4.79 Å². The third kappa shape index (κ3) is 6.94. The molecule has 1 rings (SSSR count). The molecule has 2 N–H and O–H groups in total. The zero-order chi connectivity index (χ0) is 14.1. The van der Waals surface area contributed by atoms with Gasteiger partial charge in [-0.1, -0.05) is 33.1 Å². The number of piperidine rings is 1. The molecule has 4 heteroatoms. The molecule has 3 nitrogen and oxygen atoms in total. The van der Waals surface area contributed by atoms with Crippen molar-refractivity contribution in [2.75, 3.05) is 19.6 Å². The van der Waals surface area contributed by atoms with Crippen molar-refractivity contribution in [3.63, 3.8) is 0 Å². The van der Waals surface area contributed by atoms with E-state index in [1.165, 1.54) is 25.7 Å². The molecule has 0 bridgehead atoms. The summed E-state index contributed by atoms with van der Waals surface area (Å²) in [6.07, 6.45) is 10.1. The van der Waals surface area contributed by atoms with Gasteiger partial charge < -0.3 is 10.6 Å². The van der Waals surface area contributed by atoms with Gasteiger partial charge in [0, 0.05) is 19.5 Å². The summed E-state index contributed by atoms with van der Waals surface area (Å²) in [7, 11) is 0. The lowest BCUT2D eigenvalue weighted by Crippen LogP contribution is -2.44. The summed E-state index contributed by atoms with van der Waals surface area (Å²) in [4.78, 5) is 14.3. The van der Waals surface area contributed by atoms with E-state index >= 15 is 0 Å². The molecule has 0 radical (unpaired) electrons. The minimum atomic E-state index is 0. The van der Waals surface area contributed by atoms with E-state index in [4.69, 9.17) is 5.73 Å². The first-order valence-electron chi connectivity index (χ1n) is 8.09. The second kappa shape index (κ2) is 10.4. The zero-order valence-corrected chi connectivity index (χ0v) is 14.1. The number of rotatable bonds is 8. The van der Waals surface area contributed by atoms with E-state index in [1.54, 1.807) is 0 Å². The van der Waals surface area contributed by atoms with E-state index in [2.05, 4.69) is 18.7 Å². The quantitative estimate of drug-likeness (QED) is 0.694. The second-order valence-electron chi connectivity index (χ2n) is 6.43. The Labute approximate surface area is 131 Å². The first-order chi connectivity index (χ1) is 9.11. The smallest absolute Gasteiger partial charge is 0.222 e. The number of hydrogen-bond donors (Lipinski definition) is 1. The molecule has 0 aliphatic carbocycles. The van der Waals surface area contributed by atoms with Gasteiger partial charge in [0.05, 0.1) is 0 Å². The SMILES string of the molecule is CCCC1(C)CCCN(C(=O)CCCCCCN)C1.Cl. The van der Waals surface area contributed by atoms with E-state index < -0.39 is 0 Å². The van der Waals surface area contributed by atoms with Gasteiger partial charge >= 0.3 is 0 Å². The Balaban J connectivity index is 0.00000361. The number of unbranched alkanes of at least 4 members (excludes halogenated alkanes) is 3. The van der Waals surface area contributed by atoms with Crippen LogP contribution in [0.3, 0.4) is 0 Å². The van der Waals surface area contributed by atoms with Crippen LogP contribution in [-0.4, -0.2) is 30.4 Å². The fraction of sp³-hybridized carbons (Fsp3) is 0.938. The number of hydrogen-bond acceptors (Lipinski definition) is 2. The van der Waals surface area contributed by atoms with Gasteiger partial charge in [-0.3, -0.25) is 4.79 Å². The van der Waals surface area contributed by atoms with Crippen LogP contribution in [0.2, 0.25) is 0 Å². The summed E-state index contributed by atoms with van der Waals surface area (Å²) in [5, 5.41) is 0. The van der Waals surface area contributed by atoms with Gasteiger partial charge in [0.1, 0.15) is 0 Å². The number of nitrogens with two attached hydrogens (primary N) is 1. The topological polar surface area (TPSA) is 46.3 Å². The van der Waals surface area contributed by atoms with Gasteiger partial charge in [0.2, 0.25) is 5.91 Å². The lowest BCUT2D eigenvalue weighted by atomic mass is 9.78. The molecule has 120 valence electrons. The largest absolute Gasteiger partial charge is 0.342 e. The summed E-state index contributed by atoms with van der Waals surface area (Å²) in [6.45, 7) is 7.31. The van der Waals surface area contributed by atoms with Crippen LogP contribution in [0, 0.1) is 5.41 Å². The van der Waals surface area contributed by atoms with Crippen molar-refractivity contribution in [2.24, 2.45) is 11.1 Å². The molecular formula is C16H33ClN2O. The average Bonchev–Trinajstić information content (AvgIpc) is 2.38. The molecular weight excluding hydrogens is 272 g/mol. The average molecular weight is 305 g/mol. The van der Waals surface area contributed by atoms with Gasteiger partial charge in [-0.15, -0.1) is 12.4 Å². The molecule has 1 aliphatic rings. The molecule has 0 aromatic carbocycles. The van der Waals surface area contributed by atoms with Gasteiger partial charge in [0.15, 0.2) is 0 Å². The number of halogens is 1. The van der Waals surface area contributed by atoms with Crippen LogP contribution in [0.1, 0.15) is 71.6 Å². The van der Waals surface area contributed by atoms with E-state index in [0.29, 0.717) is 11.3 Å². The Hall–Kier alpha value is -0.280. The first-order valence-corrected chi connectivity index (χ1v) is 8.09. The van der Waals surface area contributed by atoms with Crippen LogP contribution in [0.25, 0.3) is 0 Å². The van der Waals surface area contributed by atoms with Crippen molar-refractivity contribution in [2.45, 2.75) is 71.6 Å². The second-order valence-corrected chi connectivity index (χ2v) is 6.43. The molecule has 1 atom stereocenters. The van der Waals surface area contributed by atoms with Crippen molar-refractivity contribution in [1.82, 2.24) is 4.90 Å². The molecule has 1 aliphatic heterocycles.